The molecular formula is C38H47NO7Si. The fraction of sp³-hybridized carbons (Fsp3) is 0.368. The Hall–Kier alpha value is -3.70. The lowest BCUT2D eigenvalue weighted by Gasteiger charge is -2.44. The number of benzene rings is 4. The summed E-state index contributed by atoms with van der Waals surface area (Å²) in [4.78, 5) is 0. The van der Waals surface area contributed by atoms with Crippen molar-refractivity contribution in [1.82, 2.24) is 5.32 Å². The number of hydrogen-bond acceptors (Lipinski definition) is 8. The standard InChI is InChI=1S/C38H47NO7Si/c1-28-35(43-23-29-15-9-6-10-16-29)21-33(37-36(28)44-27-45-37)34(22-40)39-30(24-42-26-41-5)25-46-47(38(2,3)4,31-17-11-7-12-18-31)32-19-13-8-14-20-32/h6-21,30,34,39-40H,22-27H2,1-5H3/t30-,34-/m0/s1. The van der Waals surface area contributed by atoms with E-state index in [1.165, 1.54) is 10.4 Å². The third-order valence-corrected chi connectivity index (χ3v) is 13.5. The van der Waals surface area contributed by atoms with E-state index < -0.39 is 14.4 Å². The average molecular weight is 658 g/mol. The highest BCUT2D eigenvalue weighted by Gasteiger charge is 2.50. The van der Waals surface area contributed by atoms with Gasteiger partial charge in [0.25, 0.3) is 8.32 Å². The topological polar surface area (TPSA) is 87.6 Å². The van der Waals surface area contributed by atoms with Gasteiger partial charge in [0.2, 0.25) is 6.79 Å². The van der Waals surface area contributed by atoms with Crippen LogP contribution in [-0.2, 0) is 20.5 Å². The largest absolute Gasteiger partial charge is 0.488 e. The molecule has 0 saturated carbocycles. The van der Waals surface area contributed by atoms with Crippen molar-refractivity contribution >= 4 is 18.7 Å². The first kappa shape index (κ1) is 34.6. The smallest absolute Gasteiger partial charge is 0.261 e. The lowest BCUT2D eigenvalue weighted by molar-refractivity contribution is -0.0432. The van der Waals surface area contributed by atoms with Gasteiger partial charge in [-0.15, -0.1) is 0 Å². The Labute approximate surface area is 279 Å². The number of rotatable bonds is 16. The molecule has 0 amide bonds. The van der Waals surface area contributed by atoms with E-state index in [1.807, 2.05) is 55.5 Å². The zero-order valence-corrected chi connectivity index (χ0v) is 29.0. The Morgan fingerprint density at radius 2 is 1.45 bits per heavy atom. The van der Waals surface area contributed by atoms with E-state index in [0.717, 1.165) is 16.7 Å². The van der Waals surface area contributed by atoms with Crippen LogP contribution < -0.4 is 29.9 Å². The maximum absolute atomic E-state index is 10.8. The minimum absolute atomic E-state index is 0.0980. The van der Waals surface area contributed by atoms with E-state index >= 15 is 0 Å². The van der Waals surface area contributed by atoms with Crippen molar-refractivity contribution in [3.63, 3.8) is 0 Å². The van der Waals surface area contributed by atoms with Crippen LogP contribution in [0.15, 0.2) is 97.1 Å². The Balaban J connectivity index is 1.46. The van der Waals surface area contributed by atoms with Crippen molar-refractivity contribution in [2.24, 2.45) is 0 Å². The molecule has 5 rings (SSSR count). The van der Waals surface area contributed by atoms with Gasteiger partial charge in [0.1, 0.15) is 19.1 Å². The van der Waals surface area contributed by atoms with Crippen molar-refractivity contribution in [3.8, 4) is 17.2 Å². The van der Waals surface area contributed by atoms with Crippen molar-refractivity contribution in [1.29, 1.82) is 0 Å². The van der Waals surface area contributed by atoms with Gasteiger partial charge in [-0.2, -0.15) is 0 Å². The average Bonchev–Trinajstić information content (AvgIpc) is 3.59. The fourth-order valence-electron chi connectivity index (χ4n) is 6.27. The zero-order chi connectivity index (χ0) is 33.3. The highest BCUT2D eigenvalue weighted by molar-refractivity contribution is 6.99. The molecule has 0 radical (unpaired) electrons. The highest BCUT2D eigenvalue weighted by Crippen LogP contribution is 2.46. The van der Waals surface area contributed by atoms with E-state index in [4.69, 9.17) is 28.1 Å². The van der Waals surface area contributed by atoms with Crippen LogP contribution >= 0.6 is 0 Å². The van der Waals surface area contributed by atoms with Crippen molar-refractivity contribution in [3.05, 3.63) is 114 Å². The quantitative estimate of drug-likeness (QED) is 0.0930. The van der Waals surface area contributed by atoms with E-state index in [9.17, 15) is 5.11 Å². The summed E-state index contributed by atoms with van der Waals surface area (Å²) in [5, 5.41) is 16.6. The molecule has 0 fully saturated rings. The van der Waals surface area contributed by atoms with Crippen LogP contribution in [0.1, 0.15) is 43.5 Å². The van der Waals surface area contributed by atoms with E-state index in [0.29, 0.717) is 37.1 Å². The van der Waals surface area contributed by atoms with Crippen LogP contribution in [-0.4, -0.2) is 60.0 Å². The van der Waals surface area contributed by atoms with Crippen molar-refractivity contribution in [2.75, 3.05) is 40.5 Å². The molecule has 0 spiro atoms. The molecule has 1 aliphatic rings. The predicted molar refractivity (Wildman–Crippen MR) is 186 cm³/mol. The Morgan fingerprint density at radius 1 is 0.851 bits per heavy atom. The summed E-state index contributed by atoms with van der Waals surface area (Å²) in [5.74, 6) is 1.90. The molecule has 4 aromatic rings. The summed E-state index contributed by atoms with van der Waals surface area (Å²) < 4.78 is 36.5. The monoisotopic (exact) mass is 657 g/mol. The number of nitrogens with one attached hydrogen (secondary N) is 1. The lowest BCUT2D eigenvalue weighted by atomic mass is 10.0. The van der Waals surface area contributed by atoms with Gasteiger partial charge in [0, 0.05) is 18.2 Å². The third-order valence-electron chi connectivity index (χ3n) is 8.54. The maximum Gasteiger partial charge on any atom is 0.261 e. The first-order chi connectivity index (χ1) is 22.8. The normalized spacial score (nSPS) is 14.2. The second-order valence-corrected chi connectivity index (χ2v) is 17.1. The molecule has 0 aromatic heterocycles. The molecule has 1 aliphatic heterocycles. The number of aliphatic hydroxyl groups excluding tert-OH is 1. The van der Waals surface area contributed by atoms with E-state index in [-0.39, 0.29) is 31.3 Å². The second-order valence-electron chi connectivity index (χ2n) is 12.8. The van der Waals surface area contributed by atoms with Crippen LogP contribution in [0.2, 0.25) is 5.04 Å². The first-order valence-electron chi connectivity index (χ1n) is 16.1. The molecule has 8 nitrogen and oxygen atoms in total. The highest BCUT2D eigenvalue weighted by atomic mass is 28.4. The van der Waals surface area contributed by atoms with Crippen LogP contribution in [0.4, 0.5) is 0 Å². The van der Waals surface area contributed by atoms with Gasteiger partial charge < -0.3 is 38.5 Å². The predicted octanol–water partition coefficient (Wildman–Crippen LogP) is 5.49. The van der Waals surface area contributed by atoms with Gasteiger partial charge in [0.05, 0.1) is 31.9 Å². The van der Waals surface area contributed by atoms with Gasteiger partial charge in [-0.3, -0.25) is 0 Å². The molecule has 2 N–H and O–H groups in total. The van der Waals surface area contributed by atoms with Crippen LogP contribution in [0.5, 0.6) is 17.2 Å². The van der Waals surface area contributed by atoms with Gasteiger partial charge in [0.15, 0.2) is 11.5 Å². The number of aliphatic hydroxyl groups is 1. The maximum atomic E-state index is 10.8. The number of methoxy groups -OCH3 is 1. The molecule has 0 bridgehead atoms. The zero-order valence-electron chi connectivity index (χ0n) is 28.0. The minimum Gasteiger partial charge on any atom is -0.488 e. The van der Waals surface area contributed by atoms with Crippen molar-refractivity contribution < 1.29 is 33.2 Å². The number of fused-ring (bicyclic) bond motifs is 1. The summed E-state index contributed by atoms with van der Waals surface area (Å²) in [6, 6.07) is 32.2. The van der Waals surface area contributed by atoms with Gasteiger partial charge in [-0.1, -0.05) is 112 Å². The van der Waals surface area contributed by atoms with Crippen LogP contribution in [0, 0.1) is 6.92 Å². The molecule has 1 heterocycles. The van der Waals surface area contributed by atoms with Crippen LogP contribution in [0.25, 0.3) is 0 Å². The van der Waals surface area contributed by atoms with E-state index in [2.05, 4.69) is 74.6 Å². The molecule has 4 aromatic carbocycles. The molecule has 2 atom stereocenters. The molecule has 47 heavy (non-hydrogen) atoms. The van der Waals surface area contributed by atoms with Gasteiger partial charge in [-0.25, -0.2) is 0 Å². The molecule has 0 aliphatic carbocycles. The van der Waals surface area contributed by atoms with Crippen LogP contribution in [0.3, 0.4) is 0 Å². The third kappa shape index (κ3) is 7.89. The molecule has 250 valence electrons. The van der Waals surface area contributed by atoms with E-state index in [1.54, 1.807) is 7.11 Å². The molecular weight excluding hydrogens is 611 g/mol. The summed E-state index contributed by atoms with van der Waals surface area (Å²) in [6.45, 7) is 9.78. The SMILES string of the molecule is COCOC[C@@H](CO[Si](c1ccccc1)(c1ccccc1)C(C)(C)C)N[C@@H](CO)c1cc(OCc2ccccc2)c(C)c2c1OCO2. The molecule has 0 unspecified atom stereocenters. The number of ether oxygens (including phenoxy) is 5. The first-order valence-corrected chi connectivity index (χ1v) is 18.0. The Kier molecular flexibility index (Phi) is 11.7. The van der Waals surface area contributed by atoms with Gasteiger partial charge >= 0.3 is 0 Å². The fourth-order valence-corrected chi connectivity index (χ4v) is 10.9. The Morgan fingerprint density at radius 3 is 2.02 bits per heavy atom. The summed E-state index contributed by atoms with van der Waals surface area (Å²) in [7, 11) is -1.23. The molecule has 0 saturated heterocycles. The summed E-state index contributed by atoms with van der Waals surface area (Å²) >= 11 is 0. The summed E-state index contributed by atoms with van der Waals surface area (Å²) in [6.07, 6.45) is 0. The minimum atomic E-state index is -2.83. The second kappa shape index (κ2) is 15.9. The summed E-state index contributed by atoms with van der Waals surface area (Å²) in [5.41, 5.74) is 2.65. The Bertz CT molecular complexity index is 1510. The van der Waals surface area contributed by atoms with Gasteiger partial charge in [-0.05, 0) is 34.0 Å². The number of hydrogen-bond donors (Lipinski definition) is 2. The van der Waals surface area contributed by atoms with Crippen molar-refractivity contribution in [2.45, 2.75) is 51.4 Å². The molecule has 9 heteroatoms. The lowest BCUT2D eigenvalue weighted by Crippen LogP contribution is -2.67.